The first kappa shape index (κ1) is 16.4. The van der Waals surface area contributed by atoms with E-state index in [-0.39, 0.29) is 17.2 Å². The number of halogens is 2. The minimum Gasteiger partial charge on any atom is -0.310 e. The van der Waals surface area contributed by atoms with Crippen molar-refractivity contribution in [3.05, 3.63) is 35.4 Å². The Labute approximate surface area is 126 Å². The highest BCUT2D eigenvalue weighted by atomic mass is 19.1. The summed E-state index contributed by atoms with van der Waals surface area (Å²) in [6, 6.07) is 4.08. The summed E-state index contributed by atoms with van der Waals surface area (Å²) in [6.07, 6.45) is 3.11. The van der Waals surface area contributed by atoms with Gasteiger partial charge in [0.1, 0.15) is 11.6 Å². The Hall–Kier alpha value is -1.00. The van der Waals surface area contributed by atoms with Crippen molar-refractivity contribution >= 4 is 0 Å². The molecule has 1 fully saturated rings. The van der Waals surface area contributed by atoms with Crippen LogP contribution in [0.1, 0.15) is 45.6 Å². The van der Waals surface area contributed by atoms with Crippen molar-refractivity contribution in [2.75, 3.05) is 13.1 Å². The third-order valence-corrected chi connectivity index (χ3v) is 4.93. The molecule has 0 aromatic heterocycles. The molecule has 0 bridgehead atoms. The van der Waals surface area contributed by atoms with Crippen LogP contribution in [0.2, 0.25) is 0 Å². The lowest BCUT2D eigenvalue weighted by molar-refractivity contribution is 0.150. The highest BCUT2D eigenvalue weighted by molar-refractivity contribution is 5.19. The normalized spacial score (nSPS) is 23.0. The SMILES string of the molecule is CCC1(CC)CN(Cc2cc(F)ccc2F)C(C)CCN1. The topological polar surface area (TPSA) is 15.3 Å². The number of benzene rings is 1. The van der Waals surface area contributed by atoms with Crippen LogP contribution >= 0.6 is 0 Å². The average Bonchev–Trinajstić information content (AvgIpc) is 2.63. The fraction of sp³-hybridized carbons (Fsp3) is 0.647. The molecule has 0 saturated carbocycles. The van der Waals surface area contributed by atoms with Crippen molar-refractivity contribution in [2.24, 2.45) is 0 Å². The summed E-state index contributed by atoms with van der Waals surface area (Å²) in [5.41, 5.74) is 0.527. The van der Waals surface area contributed by atoms with E-state index in [1.807, 2.05) is 0 Å². The Kier molecular flexibility index (Phi) is 5.33. The molecule has 118 valence electrons. The fourth-order valence-electron chi connectivity index (χ4n) is 3.15. The van der Waals surface area contributed by atoms with Crippen molar-refractivity contribution in [2.45, 2.75) is 58.2 Å². The van der Waals surface area contributed by atoms with Gasteiger partial charge in [-0.05, 0) is 50.9 Å². The van der Waals surface area contributed by atoms with Crippen molar-refractivity contribution in [3.63, 3.8) is 0 Å². The first-order chi connectivity index (χ1) is 9.99. The van der Waals surface area contributed by atoms with Crippen molar-refractivity contribution in [1.29, 1.82) is 0 Å². The van der Waals surface area contributed by atoms with Gasteiger partial charge in [-0.3, -0.25) is 4.90 Å². The van der Waals surface area contributed by atoms with Gasteiger partial charge in [-0.2, -0.15) is 0 Å². The molecule has 1 saturated heterocycles. The molecule has 0 amide bonds. The van der Waals surface area contributed by atoms with Gasteiger partial charge in [-0.15, -0.1) is 0 Å². The van der Waals surface area contributed by atoms with Crippen LogP contribution in [0, 0.1) is 11.6 Å². The summed E-state index contributed by atoms with van der Waals surface area (Å²) in [5, 5.41) is 3.66. The molecule has 1 atom stereocenters. The predicted molar refractivity (Wildman–Crippen MR) is 82.2 cm³/mol. The first-order valence-electron chi connectivity index (χ1n) is 7.92. The van der Waals surface area contributed by atoms with Gasteiger partial charge < -0.3 is 5.32 Å². The van der Waals surface area contributed by atoms with E-state index in [0.717, 1.165) is 32.4 Å². The zero-order valence-corrected chi connectivity index (χ0v) is 13.3. The second-order valence-corrected chi connectivity index (χ2v) is 6.19. The molecule has 0 spiro atoms. The predicted octanol–water partition coefficient (Wildman–Crippen LogP) is 3.71. The van der Waals surface area contributed by atoms with Gasteiger partial charge in [0.2, 0.25) is 0 Å². The zero-order chi connectivity index (χ0) is 15.5. The van der Waals surface area contributed by atoms with Crippen LogP contribution in [0.5, 0.6) is 0 Å². The summed E-state index contributed by atoms with van der Waals surface area (Å²) in [4.78, 5) is 2.28. The molecule has 1 aliphatic heterocycles. The average molecular weight is 296 g/mol. The van der Waals surface area contributed by atoms with E-state index in [1.165, 1.54) is 18.2 Å². The standard InChI is InChI=1S/C17H26F2N2/c1-4-17(5-2)12-21(13(3)8-9-20-17)11-14-10-15(18)6-7-16(14)19/h6-7,10,13,20H,4-5,8-9,11-12H2,1-3H3. The molecule has 4 heteroatoms. The molecule has 1 unspecified atom stereocenters. The van der Waals surface area contributed by atoms with Gasteiger partial charge in [-0.1, -0.05) is 13.8 Å². The van der Waals surface area contributed by atoms with E-state index in [4.69, 9.17) is 0 Å². The lowest BCUT2D eigenvalue weighted by atomic mass is 9.92. The van der Waals surface area contributed by atoms with E-state index >= 15 is 0 Å². The highest BCUT2D eigenvalue weighted by Gasteiger charge is 2.33. The summed E-state index contributed by atoms with van der Waals surface area (Å²) in [6.45, 7) is 8.86. The van der Waals surface area contributed by atoms with Gasteiger partial charge >= 0.3 is 0 Å². The van der Waals surface area contributed by atoms with E-state index in [9.17, 15) is 8.78 Å². The molecule has 2 nitrogen and oxygen atoms in total. The Morgan fingerprint density at radius 2 is 2.00 bits per heavy atom. The number of nitrogens with zero attached hydrogens (tertiary/aromatic N) is 1. The van der Waals surface area contributed by atoms with Crippen LogP contribution in [-0.4, -0.2) is 29.6 Å². The van der Waals surface area contributed by atoms with Crippen LogP contribution in [0.25, 0.3) is 0 Å². The fourth-order valence-corrected chi connectivity index (χ4v) is 3.15. The van der Waals surface area contributed by atoms with Crippen LogP contribution in [0.15, 0.2) is 18.2 Å². The van der Waals surface area contributed by atoms with Crippen molar-refractivity contribution in [3.8, 4) is 0 Å². The maximum atomic E-state index is 13.9. The molecule has 1 aromatic carbocycles. The maximum Gasteiger partial charge on any atom is 0.127 e. The van der Waals surface area contributed by atoms with E-state index < -0.39 is 0 Å². The van der Waals surface area contributed by atoms with Gasteiger partial charge in [0.05, 0.1) is 0 Å². The van der Waals surface area contributed by atoms with Gasteiger partial charge in [-0.25, -0.2) is 8.78 Å². The monoisotopic (exact) mass is 296 g/mol. The van der Waals surface area contributed by atoms with Crippen molar-refractivity contribution in [1.82, 2.24) is 10.2 Å². The minimum absolute atomic E-state index is 0.0779. The minimum atomic E-state index is -0.371. The van der Waals surface area contributed by atoms with Crippen LogP contribution in [0.3, 0.4) is 0 Å². The van der Waals surface area contributed by atoms with Gasteiger partial charge in [0.25, 0.3) is 0 Å². The Balaban J connectivity index is 2.21. The van der Waals surface area contributed by atoms with Crippen LogP contribution in [0.4, 0.5) is 8.78 Å². The van der Waals surface area contributed by atoms with E-state index in [0.29, 0.717) is 18.2 Å². The van der Waals surface area contributed by atoms with Crippen LogP contribution < -0.4 is 5.32 Å². The van der Waals surface area contributed by atoms with Crippen molar-refractivity contribution < 1.29 is 8.78 Å². The molecule has 1 N–H and O–H groups in total. The number of hydrogen-bond donors (Lipinski definition) is 1. The summed E-state index contributed by atoms with van der Waals surface area (Å²) >= 11 is 0. The molecule has 1 heterocycles. The molecule has 1 aliphatic rings. The van der Waals surface area contributed by atoms with E-state index in [1.54, 1.807) is 0 Å². The lowest BCUT2D eigenvalue weighted by Gasteiger charge is -2.37. The Bertz CT molecular complexity index is 472. The molecule has 0 aliphatic carbocycles. The second-order valence-electron chi connectivity index (χ2n) is 6.19. The van der Waals surface area contributed by atoms with Gasteiger partial charge in [0, 0.05) is 30.2 Å². The number of rotatable bonds is 4. The summed E-state index contributed by atoms with van der Waals surface area (Å²) < 4.78 is 27.3. The molecular weight excluding hydrogens is 270 g/mol. The number of nitrogens with one attached hydrogen (secondary N) is 1. The summed E-state index contributed by atoms with van der Waals surface area (Å²) in [5.74, 6) is -0.691. The third kappa shape index (κ3) is 3.80. The molecule has 0 radical (unpaired) electrons. The lowest BCUT2D eigenvalue weighted by Crippen LogP contribution is -2.51. The van der Waals surface area contributed by atoms with E-state index in [2.05, 4.69) is 31.0 Å². The molecule has 1 aromatic rings. The Morgan fingerprint density at radius 3 is 2.67 bits per heavy atom. The van der Waals surface area contributed by atoms with Gasteiger partial charge in [0.15, 0.2) is 0 Å². The third-order valence-electron chi connectivity index (χ3n) is 4.93. The summed E-state index contributed by atoms with van der Waals surface area (Å²) in [7, 11) is 0. The quantitative estimate of drug-likeness (QED) is 0.911. The smallest absolute Gasteiger partial charge is 0.127 e. The zero-order valence-electron chi connectivity index (χ0n) is 13.3. The highest BCUT2D eigenvalue weighted by Crippen LogP contribution is 2.24. The largest absolute Gasteiger partial charge is 0.310 e. The molecule has 21 heavy (non-hydrogen) atoms. The van der Waals surface area contributed by atoms with Crippen LogP contribution in [-0.2, 0) is 6.54 Å². The maximum absolute atomic E-state index is 13.9. The molecule has 2 rings (SSSR count). The first-order valence-corrected chi connectivity index (χ1v) is 7.92. The second kappa shape index (κ2) is 6.84. The Morgan fingerprint density at radius 1 is 1.29 bits per heavy atom. The molecular formula is C17H26F2N2. The number of hydrogen-bond acceptors (Lipinski definition) is 2.